The standard InChI is InChI=1S/C16H26N2O3S/c1-13-12-15(4-5-16(13)21-3)22(19,20)18-10-7-14(8-11-18)6-9-17-2/h4-5,12,14,17H,6-11H2,1-3H3. The summed E-state index contributed by atoms with van der Waals surface area (Å²) in [6.07, 6.45) is 3.00. The summed E-state index contributed by atoms with van der Waals surface area (Å²) in [7, 11) is 0.148. The van der Waals surface area contributed by atoms with Crippen molar-refractivity contribution in [3.8, 4) is 5.75 Å². The molecular weight excluding hydrogens is 300 g/mol. The Labute approximate surface area is 133 Å². The zero-order valence-corrected chi connectivity index (χ0v) is 14.4. The van der Waals surface area contributed by atoms with Crippen LogP contribution in [-0.4, -0.2) is 46.5 Å². The Hall–Kier alpha value is -1.11. The predicted octanol–water partition coefficient (Wildman–Crippen LogP) is 2.01. The molecule has 0 unspecified atom stereocenters. The van der Waals surface area contributed by atoms with Gasteiger partial charge in [-0.3, -0.25) is 0 Å². The Bertz CT molecular complexity index is 593. The molecule has 0 aromatic heterocycles. The first-order valence-electron chi connectivity index (χ1n) is 7.78. The first kappa shape index (κ1) is 17.2. The predicted molar refractivity (Wildman–Crippen MR) is 87.8 cm³/mol. The first-order chi connectivity index (χ1) is 10.5. The van der Waals surface area contributed by atoms with E-state index in [0.29, 0.717) is 29.7 Å². The molecule has 0 amide bonds. The Balaban J connectivity index is 2.07. The van der Waals surface area contributed by atoms with Crippen LogP contribution in [0.1, 0.15) is 24.8 Å². The molecule has 1 saturated heterocycles. The number of nitrogens with one attached hydrogen (secondary N) is 1. The quantitative estimate of drug-likeness (QED) is 0.869. The van der Waals surface area contributed by atoms with Crippen LogP contribution in [0.4, 0.5) is 0 Å². The van der Waals surface area contributed by atoms with Gasteiger partial charge in [-0.1, -0.05) is 0 Å². The Morgan fingerprint density at radius 3 is 2.55 bits per heavy atom. The Morgan fingerprint density at radius 2 is 2.00 bits per heavy atom. The molecule has 0 saturated carbocycles. The van der Waals surface area contributed by atoms with Crippen LogP contribution in [0.5, 0.6) is 5.75 Å². The van der Waals surface area contributed by atoms with Gasteiger partial charge >= 0.3 is 0 Å². The van der Waals surface area contributed by atoms with E-state index in [0.717, 1.165) is 31.4 Å². The molecule has 0 bridgehead atoms. The topological polar surface area (TPSA) is 58.6 Å². The minimum Gasteiger partial charge on any atom is -0.496 e. The van der Waals surface area contributed by atoms with Crippen molar-refractivity contribution in [2.24, 2.45) is 5.92 Å². The molecule has 0 aliphatic carbocycles. The molecule has 1 aliphatic rings. The minimum atomic E-state index is -3.39. The van der Waals surface area contributed by atoms with Crippen LogP contribution in [0, 0.1) is 12.8 Å². The molecule has 2 rings (SSSR count). The monoisotopic (exact) mass is 326 g/mol. The summed E-state index contributed by atoms with van der Waals surface area (Å²) < 4.78 is 32.3. The molecule has 1 aromatic carbocycles. The fourth-order valence-electron chi connectivity index (χ4n) is 2.95. The van der Waals surface area contributed by atoms with E-state index in [1.54, 1.807) is 29.6 Å². The highest BCUT2D eigenvalue weighted by Crippen LogP contribution is 2.27. The van der Waals surface area contributed by atoms with Gasteiger partial charge in [0.25, 0.3) is 0 Å². The number of methoxy groups -OCH3 is 1. The lowest BCUT2D eigenvalue weighted by molar-refractivity contribution is 0.263. The minimum absolute atomic E-state index is 0.361. The van der Waals surface area contributed by atoms with E-state index in [1.165, 1.54) is 0 Å². The second-order valence-electron chi connectivity index (χ2n) is 5.87. The Morgan fingerprint density at radius 1 is 1.32 bits per heavy atom. The van der Waals surface area contributed by atoms with Crippen LogP contribution < -0.4 is 10.1 Å². The summed E-state index contributed by atoms with van der Waals surface area (Å²) in [4.78, 5) is 0.361. The number of aryl methyl sites for hydroxylation is 1. The maximum atomic E-state index is 12.7. The summed E-state index contributed by atoms with van der Waals surface area (Å²) in [6.45, 7) is 4.08. The number of benzene rings is 1. The summed E-state index contributed by atoms with van der Waals surface area (Å²) >= 11 is 0. The molecular formula is C16H26N2O3S. The van der Waals surface area contributed by atoms with Gasteiger partial charge in [-0.2, -0.15) is 4.31 Å². The average molecular weight is 326 g/mol. The third-order valence-electron chi connectivity index (χ3n) is 4.38. The molecule has 22 heavy (non-hydrogen) atoms. The van der Waals surface area contributed by atoms with Gasteiger partial charge in [-0.25, -0.2) is 8.42 Å². The highest BCUT2D eigenvalue weighted by atomic mass is 32.2. The molecule has 0 spiro atoms. The van der Waals surface area contributed by atoms with Crippen LogP contribution in [0.15, 0.2) is 23.1 Å². The lowest BCUT2D eigenvalue weighted by atomic mass is 9.95. The van der Waals surface area contributed by atoms with Crippen molar-refractivity contribution >= 4 is 10.0 Å². The fourth-order valence-corrected chi connectivity index (χ4v) is 4.50. The second-order valence-corrected chi connectivity index (χ2v) is 7.81. The number of rotatable bonds is 6. The van der Waals surface area contributed by atoms with Gasteiger partial charge in [-0.05, 0) is 69.5 Å². The van der Waals surface area contributed by atoms with Crippen LogP contribution in [-0.2, 0) is 10.0 Å². The number of piperidine rings is 1. The number of nitrogens with zero attached hydrogens (tertiary/aromatic N) is 1. The number of hydrogen-bond acceptors (Lipinski definition) is 4. The highest BCUT2D eigenvalue weighted by molar-refractivity contribution is 7.89. The summed E-state index contributed by atoms with van der Waals surface area (Å²) in [5.41, 5.74) is 0.840. The maximum Gasteiger partial charge on any atom is 0.243 e. The highest BCUT2D eigenvalue weighted by Gasteiger charge is 2.29. The van der Waals surface area contributed by atoms with Gasteiger partial charge in [-0.15, -0.1) is 0 Å². The third-order valence-corrected chi connectivity index (χ3v) is 6.27. The lowest BCUT2D eigenvalue weighted by Crippen LogP contribution is -2.38. The van der Waals surface area contributed by atoms with Crippen LogP contribution in [0.25, 0.3) is 0 Å². The first-order valence-corrected chi connectivity index (χ1v) is 9.22. The molecule has 1 N–H and O–H groups in total. The fraction of sp³-hybridized carbons (Fsp3) is 0.625. The summed E-state index contributed by atoms with van der Waals surface area (Å²) in [5, 5.41) is 3.16. The van der Waals surface area contributed by atoms with Crippen molar-refractivity contribution in [2.45, 2.75) is 31.1 Å². The van der Waals surface area contributed by atoms with E-state index in [9.17, 15) is 8.42 Å². The largest absolute Gasteiger partial charge is 0.496 e. The van der Waals surface area contributed by atoms with E-state index in [2.05, 4.69) is 5.32 Å². The molecule has 124 valence electrons. The van der Waals surface area contributed by atoms with E-state index < -0.39 is 10.0 Å². The van der Waals surface area contributed by atoms with Crippen molar-refractivity contribution < 1.29 is 13.2 Å². The molecule has 1 aliphatic heterocycles. The molecule has 0 atom stereocenters. The van der Waals surface area contributed by atoms with Gasteiger partial charge in [0.2, 0.25) is 10.0 Å². The van der Waals surface area contributed by atoms with Crippen molar-refractivity contribution in [1.29, 1.82) is 0 Å². The normalized spacial score (nSPS) is 17.6. The third kappa shape index (κ3) is 3.80. The summed E-state index contributed by atoms with van der Waals surface area (Å²) in [6, 6.07) is 5.05. The van der Waals surface area contributed by atoms with E-state index in [4.69, 9.17) is 4.74 Å². The zero-order chi connectivity index (χ0) is 16.2. The molecule has 6 heteroatoms. The van der Waals surface area contributed by atoms with Crippen LogP contribution in [0.2, 0.25) is 0 Å². The van der Waals surface area contributed by atoms with Crippen molar-refractivity contribution in [3.05, 3.63) is 23.8 Å². The molecule has 5 nitrogen and oxygen atoms in total. The van der Waals surface area contributed by atoms with Crippen LogP contribution >= 0.6 is 0 Å². The van der Waals surface area contributed by atoms with E-state index in [-0.39, 0.29) is 0 Å². The van der Waals surface area contributed by atoms with Crippen molar-refractivity contribution in [3.63, 3.8) is 0 Å². The Kier molecular flexibility index (Phi) is 5.83. The molecule has 0 radical (unpaired) electrons. The SMILES string of the molecule is CNCCC1CCN(S(=O)(=O)c2ccc(OC)c(C)c2)CC1. The van der Waals surface area contributed by atoms with Crippen molar-refractivity contribution in [2.75, 3.05) is 33.8 Å². The van der Waals surface area contributed by atoms with Gasteiger partial charge in [0, 0.05) is 13.1 Å². The van der Waals surface area contributed by atoms with Gasteiger partial charge < -0.3 is 10.1 Å². The average Bonchev–Trinajstić information content (AvgIpc) is 2.53. The smallest absolute Gasteiger partial charge is 0.243 e. The zero-order valence-electron chi connectivity index (χ0n) is 13.6. The van der Waals surface area contributed by atoms with Crippen molar-refractivity contribution in [1.82, 2.24) is 9.62 Å². The summed E-state index contributed by atoms with van der Waals surface area (Å²) in [5.74, 6) is 1.33. The molecule has 1 heterocycles. The number of hydrogen-bond donors (Lipinski definition) is 1. The lowest BCUT2D eigenvalue weighted by Gasteiger charge is -2.31. The van der Waals surface area contributed by atoms with Gasteiger partial charge in [0.1, 0.15) is 5.75 Å². The molecule has 1 fully saturated rings. The number of sulfonamides is 1. The van der Waals surface area contributed by atoms with Crippen LogP contribution in [0.3, 0.4) is 0 Å². The van der Waals surface area contributed by atoms with E-state index in [1.807, 2.05) is 14.0 Å². The number of ether oxygens (including phenoxy) is 1. The maximum absolute atomic E-state index is 12.7. The van der Waals surface area contributed by atoms with Gasteiger partial charge in [0.15, 0.2) is 0 Å². The molecule has 1 aromatic rings. The van der Waals surface area contributed by atoms with E-state index >= 15 is 0 Å². The van der Waals surface area contributed by atoms with Gasteiger partial charge in [0.05, 0.1) is 12.0 Å². The second kappa shape index (κ2) is 7.44.